The number of ether oxygens (including phenoxy) is 2. The first-order valence-corrected chi connectivity index (χ1v) is 22.4. The van der Waals surface area contributed by atoms with Gasteiger partial charge in [-0.1, -0.05) is 181 Å². The third kappa shape index (κ3) is 37.1. The number of carbonyl (C=O) groups is 2. The smallest absolute Gasteiger partial charge is 0.306 e. The number of rotatable bonds is 40. The van der Waals surface area contributed by atoms with Crippen LogP contribution in [0.4, 0.5) is 0 Å². The van der Waals surface area contributed by atoms with Gasteiger partial charge in [0.05, 0.1) is 19.8 Å². The number of carbonyl (C=O) groups excluding carboxylic acids is 2. The molecule has 0 spiro atoms. The summed E-state index contributed by atoms with van der Waals surface area (Å²) in [6.45, 7) is 2.22. The molecule has 0 saturated heterocycles. The van der Waals surface area contributed by atoms with Crippen molar-refractivity contribution in [3.05, 3.63) is 0 Å². The van der Waals surface area contributed by atoms with Gasteiger partial charge < -0.3 is 33.6 Å². The summed E-state index contributed by atoms with van der Waals surface area (Å²) < 4.78 is 32.3. The SMILES string of the molecule is CCCCCCCCCCCCCCCCCC(=O)O[C@H](COC(=O)CCCCCCCCCCCCCCC)COP(=O)([O-])OCC(O)CO. The van der Waals surface area contributed by atoms with E-state index in [1.165, 1.54) is 128 Å². The fourth-order valence-corrected chi connectivity index (χ4v) is 6.77. The van der Waals surface area contributed by atoms with Gasteiger partial charge in [0, 0.05) is 12.8 Å². The minimum absolute atomic E-state index is 0.176. The minimum atomic E-state index is -4.85. The predicted octanol–water partition coefficient (Wildman–Crippen LogP) is 10.0. The number of unbranched alkanes of at least 4 members (excludes halogenated alkanes) is 26. The molecule has 3 atom stereocenters. The van der Waals surface area contributed by atoms with Crippen LogP contribution in [-0.2, 0) is 32.7 Å². The summed E-state index contributed by atoms with van der Waals surface area (Å²) in [7, 11) is -4.85. The Kier molecular flexibility index (Phi) is 36.5. The number of aliphatic hydroxyl groups is 2. The highest BCUT2D eigenvalue weighted by molar-refractivity contribution is 7.45. The maximum atomic E-state index is 12.6. The molecule has 0 amide bonds. The van der Waals surface area contributed by atoms with Crippen molar-refractivity contribution in [3.8, 4) is 0 Å². The minimum Gasteiger partial charge on any atom is -0.756 e. The van der Waals surface area contributed by atoms with E-state index < -0.39 is 51.8 Å². The van der Waals surface area contributed by atoms with Gasteiger partial charge in [-0.15, -0.1) is 0 Å². The summed E-state index contributed by atoms with van der Waals surface area (Å²) in [4.78, 5) is 37.0. The average molecular weight is 750 g/mol. The molecule has 0 aromatic heterocycles. The lowest BCUT2D eigenvalue weighted by molar-refractivity contribution is -0.230. The molecule has 0 aliphatic heterocycles. The first kappa shape index (κ1) is 50.0. The number of esters is 2. The van der Waals surface area contributed by atoms with E-state index in [0.29, 0.717) is 12.8 Å². The molecule has 0 aliphatic rings. The largest absolute Gasteiger partial charge is 0.756 e. The van der Waals surface area contributed by atoms with E-state index in [0.717, 1.165) is 38.5 Å². The molecule has 0 saturated carbocycles. The van der Waals surface area contributed by atoms with Crippen molar-refractivity contribution in [2.75, 3.05) is 26.4 Å². The summed E-state index contributed by atoms with van der Waals surface area (Å²) >= 11 is 0. The lowest BCUT2D eigenvalue weighted by Gasteiger charge is -2.26. The Morgan fingerprint density at radius 2 is 0.863 bits per heavy atom. The van der Waals surface area contributed by atoms with E-state index in [1.54, 1.807) is 0 Å². The molecule has 51 heavy (non-hydrogen) atoms. The number of aliphatic hydroxyl groups excluding tert-OH is 2. The zero-order valence-electron chi connectivity index (χ0n) is 32.8. The van der Waals surface area contributed by atoms with Gasteiger partial charge in [-0.25, -0.2) is 0 Å². The van der Waals surface area contributed by atoms with E-state index in [2.05, 4.69) is 18.4 Å². The summed E-state index contributed by atoms with van der Waals surface area (Å²) in [6, 6.07) is 0. The van der Waals surface area contributed by atoms with Crippen molar-refractivity contribution in [2.45, 2.75) is 219 Å². The topological polar surface area (TPSA) is 152 Å². The van der Waals surface area contributed by atoms with Crippen LogP contribution in [0.2, 0.25) is 0 Å². The number of hydrogen-bond donors (Lipinski definition) is 2. The van der Waals surface area contributed by atoms with Crippen LogP contribution >= 0.6 is 7.82 Å². The molecule has 2 unspecified atom stereocenters. The Morgan fingerprint density at radius 3 is 1.24 bits per heavy atom. The van der Waals surface area contributed by atoms with Gasteiger partial charge in [-0.2, -0.15) is 0 Å². The molecule has 10 nitrogen and oxygen atoms in total. The van der Waals surface area contributed by atoms with Gasteiger partial charge in [-0.05, 0) is 12.8 Å². The van der Waals surface area contributed by atoms with Crippen LogP contribution in [0.1, 0.15) is 206 Å². The van der Waals surface area contributed by atoms with E-state index >= 15 is 0 Å². The second kappa shape index (κ2) is 37.3. The van der Waals surface area contributed by atoms with Gasteiger partial charge in [0.1, 0.15) is 12.7 Å². The number of hydrogen-bond acceptors (Lipinski definition) is 10. The molecule has 11 heteroatoms. The molecular formula is C40H78O10P-. The van der Waals surface area contributed by atoms with Gasteiger partial charge >= 0.3 is 11.9 Å². The Labute approximate surface area is 312 Å². The monoisotopic (exact) mass is 750 g/mol. The molecule has 0 aromatic carbocycles. The van der Waals surface area contributed by atoms with Crippen LogP contribution in [0.25, 0.3) is 0 Å². The average Bonchev–Trinajstić information content (AvgIpc) is 3.12. The van der Waals surface area contributed by atoms with E-state index in [1.807, 2.05) is 0 Å². The molecule has 0 aliphatic carbocycles. The molecule has 0 heterocycles. The van der Waals surface area contributed by atoms with Crippen molar-refractivity contribution in [3.63, 3.8) is 0 Å². The highest BCUT2D eigenvalue weighted by Gasteiger charge is 2.21. The maximum absolute atomic E-state index is 12.6. The summed E-state index contributed by atoms with van der Waals surface area (Å²) in [5, 5.41) is 18.2. The van der Waals surface area contributed by atoms with Crippen LogP contribution in [-0.4, -0.2) is 60.8 Å². The standard InChI is InChI=1S/C40H79O10P/c1-3-5-7-9-11-13-15-17-18-20-22-24-26-28-30-32-40(44)50-38(36-49-51(45,46)48-34-37(42)33-41)35-47-39(43)31-29-27-25-23-21-19-16-14-12-10-8-6-4-2/h37-38,41-42H,3-36H2,1-2H3,(H,45,46)/p-1/t37?,38-/m1/s1. The Morgan fingerprint density at radius 1 is 0.529 bits per heavy atom. The number of phosphoric ester groups is 1. The highest BCUT2D eigenvalue weighted by atomic mass is 31.2. The Hall–Kier alpha value is -1.03. The van der Waals surface area contributed by atoms with Crippen molar-refractivity contribution in [1.82, 2.24) is 0 Å². The Bertz CT molecular complexity index is 827. The zero-order chi connectivity index (χ0) is 37.7. The normalized spacial score (nSPS) is 13.9. The Balaban J connectivity index is 4.28. The van der Waals surface area contributed by atoms with Crippen LogP contribution in [0.15, 0.2) is 0 Å². The highest BCUT2D eigenvalue weighted by Crippen LogP contribution is 2.38. The van der Waals surface area contributed by atoms with Crippen LogP contribution in [0.5, 0.6) is 0 Å². The molecule has 304 valence electrons. The molecule has 0 rings (SSSR count). The summed E-state index contributed by atoms with van der Waals surface area (Å²) in [5.41, 5.74) is 0. The molecular weight excluding hydrogens is 671 g/mol. The third-order valence-corrected chi connectivity index (χ3v) is 10.2. The first-order valence-electron chi connectivity index (χ1n) is 21.0. The number of phosphoric acid groups is 1. The fourth-order valence-electron chi connectivity index (χ4n) is 5.99. The quantitative estimate of drug-likeness (QED) is 0.0352. The third-order valence-electron chi connectivity index (χ3n) is 9.25. The van der Waals surface area contributed by atoms with Gasteiger partial charge in [0.2, 0.25) is 0 Å². The molecule has 0 bridgehead atoms. The predicted molar refractivity (Wildman–Crippen MR) is 203 cm³/mol. The second-order valence-corrected chi connectivity index (χ2v) is 15.8. The van der Waals surface area contributed by atoms with E-state index in [9.17, 15) is 24.2 Å². The zero-order valence-corrected chi connectivity index (χ0v) is 33.7. The van der Waals surface area contributed by atoms with Crippen molar-refractivity contribution < 1.29 is 47.8 Å². The van der Waals surface area contributed by atoms with Crippen molar-refractivity contribution in [2.24, 2.45) is 0 Å². The molecule has 0 aromatic rings. The lowest BCUT2D eigenvalue weighted by Crippen LogP contribution is -2.30. The lowest BCUT2D eigenvalue weighted by atomic mass is 10.0. The van der Waals surface area contributed by atoms with E-state index in [-0.39, 0.29) is 19.4 Å². The molecule has 2 N–H and O–H groups in total. The van der Waals surface area contributed by atoms with Crippen LogP contribution in [0.3, 0.4) is 0 Å². The van der Waals surface area contributed by atoms with Crippen molar-refractivity contribution >= 4 is 19.8 Å². The van der Waals surface area contributed by atoms with Crippen molar-refractivity contribution in [1.29, 1.82) is 0 Å². The second-order valence-electron chi connectivity index (χ2n) is 14.4. The van der Waals surface area contributed by atoms with Gasteiger partial charge in [0.15, 0.2) is 6.10 Å². The van der Waals surface area contributed by atoms with E-state index in [4.69, 9.17) is 19.1 Å². The van der Waals surface area contributed by atoms with Gasteiger partial charge in [0.25, 0.3) is 7.82 Å². The first-order chi connectivity index (χ1) is 24.7. The van der Waals surface area contributed by atoms with Gasteiger partial charge in [-0.3, -0.25) is 14.2 Å². The van der Waals surface area contributed by atoms with Crippen LogP contribution in [0, 0.1) is 0 Å². The summed E-state index contributed by atoms with van der Waals surface area (Å²) in [6.07, 6.45) is 31.8. The van der Waals surface area contributed by atoms with Crippen LogP contribution < -0.4 is 4.89 Å². The summed E-state index contributed by atoms with van der Waals surface area (Å²) in [5.74, 6) is -0.947. The fraction of sp³-hybridized carbons (Fsp3) is 0.950. The molecule has 0 radical (unpaired) electrons. The molecule has 0 fully saturated rings. The maximum Gasteiger partial charge on any atom is 0.306 e.